The predicted molar refractivity (Wildman–Crippen MR) is 101 cm³/mol. The maximum absolute atomic E-state index is 13.2. The summed E-state index contributed by atoms with van der Waals surface area (Å²) in [6.07, 6.45) is 7.28. The molecule has 3 aliphatic rings. The van der Waals surface area contributed by atoms with Gasteiger partial charge in [-0.15, -0.1) is 0 Å². The summed E-state index contributed by atoms with van der Waals surface area (Å²) in [7, 11) is 3.54. The Morgan fingerprint density at radius 3 is 2.93 bits per heavy atom. The zero-order valence-corrected chi connectivity index (χ0v) is 15.9. The number of fused-ring (bicyclic) bond motifs is 1. The van der Waals surface area contributed by atoms with Crippen LogP contribution in [0.4, 0.5) is 0 Å². The molecule has 2 saturated heterocycles. The van der Waals surface area contributed by atoms with Gasteiger partial charge in [-0.25, -0.2) is 4.68 Å². The Morgan fingerprint density at radius 1 is 1.36 bits per heavy atom. The minimum absolute atomic E-state index is 0.00417. The number of likely N-dealkylation sites (tertiary alicyclic amines) is 1. The fourth-order valence-corrected chi connectivity index (χ4v) is 4.74. The topological polar surface area (TPSA) is 67.7 Å². The molecule has 4 atom stereocenters. The van der Waals surface area contributed by atoms with E-state index in [-0.39, 0.29) is 17.9 Å². The Morgan fingerprint density at radius 2 is 2.14 bits per heavy atom. The number of hydrogen-bond acceptors (Lipinski definition) is 4. The first-order valence-corrected chi connectivity index (χ1v) is 9.45. The van der Waals surface area contributed by atoms with Gasteiger partial charge in [0.25, 0.3) is 0 Å². The molecular weight excluding hydrogens is 356 g/mol. The molecule has 2 bridgehead atoms. The maximum Gasteiger partial charge on any atom is 0.229 e. The van der Waals surface area contributed by atoms with Crippen molar-refractivity contribution in [2.24, 2.45) is 11.8 Å². The predicted octanol–water partition coefficient (Wildman–Crippen LogP) is 1.24. The van der Waals surface area contributed by atoms with Crippen LogP contribution in [-0.4, -0.2) is 63.7 Å². The molecule has 2 fully saturated rings. The quantitative estimate of drug-likeness (QED) is 0.751. The zero-order valence-electron chi connectivity index (χ0n) is 15.9. The summed E-state index contributed by atoms with van der Waals surface area (Å²) in [6.45, 7) is 0.948. The van der Waals surface area contributed by atoms with E-state index in [0.717, 1.165) is 11.3 Å². The van der Waals surface area contributed by atoms with Crippen molar-refractivity contribution < 1.29 is 14.3 Å². The van der Waals surface area contributed by atoms with Gasteiger partial charge in [-0.1, -0.05) is 30.4 Å². The Balaban J connectivity index is 1.33. The van der Waals surface area contributed by atoms with E-state index in [1.54, 1.807) is 34.8 Å². The molecule has 0 saturated carbocycles. The maximum atomic E-state index is 13.2. The lowest BCUT2D eigenvalue weighted by molar-refractivity contribution is -0.142. The second kappa shape index (κ2) is 6.04. The highest BCUT2D eigenvalue weighted by atomic mass is 16.5. The molecular formula is C21H22N4O3. The van der Waals surface area contributed by atoms with Crippen molar-refractivity contribution in [3.8, 4) is 5.69 Å². The molecule has 0 aliphatic carbocycles. The van der Waals surface area contributed by atoms with Crippen LogP contribution >= 0.6 is 0 Å². The number of likely N-dealkylation sites (N-methyl/N-ethyl adjacent to an activating group) is 1. The molecule has 1 spiro atoms. The number of para-hydroxylation sites is 1. The molecule has 2 amide bonds. The number of nitrogens with zero attached hydrogens (tertiary/aromatic N) is 4. The summed E-state index contributed by atoms with van der Waals surface area (Å²) >= 11 is 0. The molecule has 5 rings (SSSR count). The number of carbonyl (C=O) groups is 2. The van der Waals surface area contributed by atoms with E-state index in [9.17, 15) is 9.59 Å². The van der Waals surface area contributed by atoms with Gasteiger partial charge >= 0.3 is 0 Å². The lowest BCUT2D eigenvalue weighted by Gasteiger charge is -2.27. The molecule has 0 unspecified atom stereocenters. The van der Waals surface area contributed by atoms with Gasteiger partial charge in [-0.05, 0) is 12.1 Å². The van der Waals surface area contributed by atoms with E-state index in [2.05, 4.69) is 5.10 Å². The zero-order chi connectivity index (χ0) is 19.5. The Labute approximate surface area is 163 Å². The van der Waals surface area contributed by atoms with Gasteiger partial charge in [0.2, 0.25) is 11.8 Å². The van der Waals surface area contributed by atoms with Gasteiger partial charge in [0.05, 0.1) is 36.4 Å². The normalized spacial score (nSPS) is 30.1. The smallest absolute Gasteiger partial charge is 0.229 e. The SMILES string of the molecule is CN(Cc1cnn(-c2ccccc2)c1)C(=O)[C@H]1[C@@H]2C=C[C@@]3(CN(C)C(=O)[C@@H]13)O2. The Kier molecular flexibility index (Phi) is 3.71. The van der Waals surface area contributed by atoms with E-state index in [4.69, 9.17) is 4.74 Å². The van der Waals surface area contributed by atoms with Crippen molar-refractivity contribution in [2.45, 2.75) is 18.2 Å². The highest BCUT2D eigenvalue weighted by Crippen LogP contribution is 2.51. The van der Waals surface area contributed by atoms with Crippen LogP contribution in [-0.2, 0) is 20.9 Å². The number of rotatable bonds is 4. The minimum atomic E-state index is -0.629. The first-order valence-electron chi connectivity index (χ1n) is 9.45. The standard InChI is InChI=1S/C21H22N4O3/c1-23(11-14-10-22-25(12-14)15-6-4-3-5-7-15)19(26)17-16-8-9-21(28-16)13-24(2)20(27)18(17)21/h3-10,12,16-18H,11,13H2,1-2H3/t16-,17-,18+,21-/m0/s1. The van der Waals surface area contributed by atoms with Crippen LogP contribution in [0.15, 0.2) is 54.9 Å². The molecule has 1 aromatic carbocycles. The van der Waals surface area contributed by atoms with Crippen LogP contribution in [0.25, 0.3) is 5.69 Å². The molecule has 0 N–H and O–H groups in total. The van der Waals surface area contributed by atoms with E-state index in [1.807, 2.05) is 48.7 Å². The lowest BCUT2D eigenvalue weighted by atomic mass is 9.76. The lowest BCUT2D eigenvalue weighted by Crippen LogP contribution is -2.44. The summed E-state index contributed by atoms with van der Waals surface area (Å²) in [5.74, 6) is -0.945. The van der Waals surface area contributed by atoms with Gasteiger partial charge in [0.15, 0.2) is 0 Å². The molecule has 7 heteroatoms. The van der Waals surface area contributed by atoms with Crippen LogP contribution in [0, 0.1) is 11.8 Å². The highest BCUT2D eigenvalue weighted by Gasteiger charge is 2.66. The van der Waals surface area contributed by atoms with Crippen molar-refractivity contribution in [3.63, 3.8) is 0 Å². The van der Waals surface area contributed by atoms with Crippen LogP contribution in [0.3, 0.4) is 0 Å². The number of carbonyl (C=O) groups excluding carboxylic acids is 2. The van der Waals surface area contributed by atoms with Gasteiger partial charge in [0, 0.05) is 32.4 Å². The van der Waals surface area contributed by atoms with Gasteiger partial charge in [-0.3, -0.25) is 9.59 Å². The fourth-order valence-electron chi connectivity index (χ4n) is 4.74. The molecule has 2 aromatic rings. The summed E-state index contributed by atoms with van der Waals surface area (Å²) in [6, 6.07) is 9.83. The largest absolute Gasteiger partial charge is 0.360 e. The van der Waals surface area contributed by atoms with Gasteiger partial charge < -0.3 is 14.5 Å². The van der Waals surface area contributed by atoms with Crippen LogP contribution in [0.5, 0.6) is 0 Å². The van der Waals surface area contributed by atoms with Crippen LogP contribution in [0.1, 0.15) is 5.56 Å². The molecule has 144 valence electrons. The van der Waals surface area contributed by atoms with E-state index in [0.29, 0.717) is 13.1 Å². The summed E-state index contributed by atoms with van der Waals surface area (Å²) in [4.78, 5) is 29.2. The average molecular weight is 378 g/mol. The number of ether oxygens (including phenoxy) is 1. The molecule has 7 nitrogen and oxygen atoms in total. The summed E-state index contributed by atoms with van der Waals surface area (Å²) in [5, 5.41) is 4.39. The molecule has 3 aliphatic heterocycles. The number of hydrogen-bond donors (Lipinski definition) is 0. The minimum Gasteiger partial charge on any atom is -0.360 e. The third-order valence-corrected chi connectivity index (χ3v) is 6.03. The van der Waals surface area contributed by atoms with Crippen molar-refractivity contribution in [1.82, 2.24) is 19.6 Å². The Bertz CT molecular complexity index is 969. The van der Waals surface area contributed by atoms with Gasteiger partial charge in [0.1, 0.15) is 5.60 Å². The average Bonchev–Trinajstić information content (AvgIpc) is 3.44. The molecule has 0 radical (unpaired) electrons. The van der Waals surface area contributed by atoms with Crippen LogP contribution < -0.4 is 0 Å². The third-order valence-electron chi connectivity index (χ3n) is 6.03. The number of aromatic nitrogens is 2. The number of amides is 2. The fraction of sp³-hybridized carbons (Fsp3) is 0.381. The second-order valence-electron chi connectivity index (χ2n) is 7.92. The molecule has 1 aromatic heterocycles. The monoisotopic (exact) mass is 378 g/mol. The van der Waals surface area contributed by atoms with E-state index in [1.165, 1.54) is 0 Å². The number of benzene rings is 1. The van der Waals surface area contributed by atoms with Crippen molar-refractivity contribution in [3.05, 3.63) is 60.4 Å². The van der Waals surface area contributed by atoms with E-state index >= 15 is 0 Å². The summed E-state index contributed by atoms with van der Waals surface area (Å²) in [5.41, 5.74) is 1.27. The van der Waals surface area contributed by atoms with Crippen LogP contribution in [0.2, 0.25) is 0 Å². The first-order chi connectivity index (χ1) is 13.5. The Hall–Kier alpha value is -2.93. The highest BCUT2D eigenvalue weighted by molar-refractivity contribution is 5.92. The van der Waals surface area contributed by atoms with Crippen molar-refractivity contribution >= 4 is 11.8 Å². The van der Waals surface area contributed by atoms with Crippen molar-refractivity contribution in [1.29, 1.82) is 0 Å². The molecule has 28 heavy (non-hydrogen) atoms. The van der Waals surface area contributed by atoms with E-state index < -0.39 is 17.4 Å². The third kappa shape index (κ3) is 2.43. The van der Waals surface area contributed by atoms with Gasteiger partial charge in [-0.2, -0.15) is 5.10 Å². The molecule has 4 heterocycles. The van der Waals surface area contributed by atoms with Crippen molar-refractivity contribution in [2.75, 3.05) is 20.6 Å². The summed E-state index contributed by atoms with van der Waals surface area (Å²) < 4.78 is 7.88. The second-order valence-corrected chi connectivity index (χ2v) is 7.92. The first kappa shape index (κ1) is 17.2.